The quantitative estimate of drug-likeness (QED) is 0.431. The fourth-order valence-corrected chi connectivity index (χ4v) is 4.09. The molecule has 0 N–H and O–H groups in total. The van der Waals surface area contributed by atoms with Gasteiger partial charge in [-0.3, -0.25) is 19.3 Å². The second kappa shape index (κ2) is 7.26. The summed E-state index contributed by atoms with van der Waals surface area (Å²) < 4.78 is 15.5. The van der Waals surface area contributed by atoms with E-state index in [1.54, 1.807) is 12.1 Å². The molecule has 0 aromatic heterocycles. The van der Waals surface area contributed by atoms with Crippen molar-refractivity contribution < 1.29 is 33.4 Å². The molecule has 0 radical (unpaired) electrons. The van der Waals surface area contributed by atoms with Gasteiger partial charge in [0.2, 0.25) is 18.6 Å². The van der Waals surface area contributed by atoms with Crippen molar-refractivity contribution in [1.82, 2.24) is 4.90 Å². The minimum Gasteiger partial charge on any atom is -0.456 e. The summed E-state index contributed by atoms with van der Waals surface area (Å²) in [4.78, 5) is 50.8. The molecular formula is C20H21NO7. The molecule has 1 saturated carbocycles. The van der Waals surface area contributed by atoms with E-state index in [4.69, 9.17) is 14.2 Å². The lowest BCUT2D eigenvalue weighted by Gasteiger charge is -2.21. The van der Waals surface area contributed by atoms with Crippen LogP contribution in [0.5, 0.6) is 11.5 Å². The van der Waals surface area contributed by atoms with E-state index in [0.717, 1.165) is 17.7 Å². The summed E-state index contributed by atoms with van der Waals surface area (Å²) in [5.41, 5.74) is 0.323. The molecule has 28 heavy (non-hydrogen) atoms. The van der Waals surface area contributed by atoms with Crippen LogP contribution in [-0.2, 0) is 19.1 Å². The molecule has 2 aliphatic heterocycles. The molecule has 0 bridgehead atoms. The minimum atomic E-state index is -1.05. The van der Waals surface area contributed by atoms with Crippen molar-refractivity contribution in [2.45, 2.75) is 38.6 Å². The van der Waals surface area contributed by atoms with Crippen molar-refractivity contribution in [2.75, 3.05) is 13.4 Å². The first-order valence-corrected chi connectivity index (χ1v) is 9.44. The van der Waals surface area contributed by atoms with Crippen LogP contribution >= 0.6 is 0 Å². The largest absolute Gasteiger partial charge is 0.456 e. The van der Waals surface area contributed by atoms with Gasteiger partial charge in [-0.2, -0.15) is 0 Å². The Labute approximate surface area is 161 Å². The van der Waals surface area contributed by atoms with Gasteiger partial charge in [0, 0.05) is 5.56 Å². The van der Waals surface area contributed by atoms with E-state index in [1.807, 2.05) is 0 Å². The lowest BCUT2D eigenvalue weighted by molar-refractivity contribution is -0.157. The third-order valence-corrected chi connectivity index (χ3v) is 5.64. The van der Waals surface area contributed by atoms with Crippen LogP contribution in [0.3, 0.4) is 0 Å². The first-order chi connectivity index (χ1) is 13.5. The molecule has 1 aromatic carbocycles. The zero-order valence-corrected chi connectivity index (χ0v) is 15.5. The van der Waals surface area contributed by atoms with Crippen LogP contribution in [0.15, 0.2) is 18.2 Å². The molecule has 2 amide bonds. The predicted molar refractivity (Wildman–Crippen MR) is 94.6 cm³/mol. The number of imide groups is 1. The summed E-state index contributed by atoms with van der Waals surface area (Å²) in [5, 5.41) is 0. The highest BCUT2D eigenvalue weighted by Crippen LogP contribution is 2.39. The summed E-state index contributed by atoms with van der Waals surface area (Å²) in [7, 11) is 0. The summed E-state index contributed by atoms with van der Waals surface area (Å²) in [5.74, 6) is -1.43. The molecule has 1 aliphatic carbocycles. The Hall–Kier alpha value is -2.90. The van der Waals surface area contributed by atoms with E-state index in [-0.39, 0.29) is 30.4 Å². The highest BCUT2D eigenvalue weighted by Gasteiger charge is 2.51. The average molecular weight is 387 g/mol. The average Bonchev–Trinajstić information content (AvgIpc) is 3.28. The Bertz CT molecular complexity index is 825. The van der Waals surface area contributed by atoms with Crippen LogP contribution in [-0.4, -0.2) is 47.9 Å². The first kappa shape index (κ1) is 18.5. The number of carbonyl (C=O) groups excluding carboxylic acids is 4. The highest BCUT2D eigenvalue weighted by molar-refractivity contribution is 6.08. The zero-order chi connectivity index (χ0) is 19.8. The first-order valence-electron chi connectivity index (χ1n) is 9.44. The number of esters is 1. The summed E-state index contributed by atoms with van der Waals surface area (Å²) >= 11 is 0. The Kier molecular flexibility index (Phi) is 4.78. The molecule has 3 aliphatic rings. The van der Waals surface area contributed by atoms with Gasteiger partial charge < -0.3 is 14.2 Å². The molecule has 0 spiro atoms. The van der Waals surface area contributed by atoms with Gasteiger partial charge in [0.05, 0.1) is 11.8 Å². The minimum absolute atomic E-state index is 0.0966. The van der Waals surface area contributed by atoms with Crippen LogP contribution in [0, 0.1) is 11.8 Å². The topological polar surface area (TPSA) is 99.2 Å². The van der Waals surface area contributed by atoms with Gasteiger partial charge in [0.15, 0.2) is 23.9 Å². The van der Waals surface area contributed by atoms with Crippen LogP contribution in [0.1, 0.15) is 43.0 Å². The van der Waals surface area contributed by atoms with Crippen molar-refractivity contribution in [1.29, 1.82) is 0 Å². The number of hydrogen-bond acceptors (Lipinski definition) is 7. The molecule has 4 rings (SSSR count). The van der Waals surface area contributed by atoms with Gasteiger partial charge >= 0.3 is 5.97 Å². The molecule has 2 fully saturated rings. The molecule has 8 nitrogen and oxygen atoms in total. The van der Waals surface area contributed by atoms with Crippen molar-refractivity contribution in [3.05, 3.63) is 23.8 Å². The maximum Gasteiger partial charge on any atom is 0.329 e. The van der Waals surface area contributed by atoms with Crippen LogP contribution in [0.4, 0.5) is 0 Å². The number of nitrogens with zero attached hydrogens (tertiary/aromatic N) is 1. The molecule has 3 atom stereocenters. The number of hydrogen-bond donors (Lipinski definition) is 0. The molecule has 8 heteroatoms. The van der Waals surface area contributed by atoms with E-state index in [0.29, 0.717) is 29.9 Å². The summed E-state index contributed by atoms with van der Waals surface area (Å²) in [6, 6.07) is 3.66. The van der Waals surface area contributed by atoms with Gasteiger partial charge in [0.1, 0.15) is 6.04 Å². The molecule has 1 saturated heterocycles. The van der Waals surface area contributed by atoms with Gasteiger partial charge in [0.25, 0.3) is 0 Å². The summed E-state index contributed by atoms with van der Waals surface area (Å²) in [6.45, 7) is 1.08. The number of ether oxygens (including phenoxy) is 3. The predicted octanol–water partition coefficient (Wildman–Crippen LogP) is 1.70. The van der Waals surface area contributed by atoms with Crippen LogP contribution in [0.25, 0.3) is 0 Å². The highest BCUT2D eigenvalue weighted by atomic mass is 16.7. The number of rotatable bonds is 5. The SMILES string of the molecule is C[C@@H](C(=O)OCC(=O)c1ccc2c(c1)OCO2)N1C(=O)C2CCCCC2C1=O. The van der Waals surface area contributed by atoms with Crippen molar-refractivity contribution >= 4 is 23.6 Å². The van der Waals surface area contributed by atoms with E-state index in [1.165, 1.54) is 13.0 Å². The van der Waals surface area contributed by atoms with Gasteiger partial charge in [-0.05, 0) is 38.0 Å². The van der Waals surface area contributed by atoms with Gasteiger partial charge in [-0.15, -0.1) is 0 Å². The van der Waals surface area contributed by atoms with E-state index < -0.39 is 24.4 Å². The number of Topliss-reactive ketones (excluding diaryl/α,β-unsaturated/α-hetero) is 1. The fourth-order valence-electron chi connectivity index (χ4n) is 4.09. The monoisotopic (exact) mass is 387 g/mol. The summed E-state index contributed by atoms with van der Waals surface area (Å²) in [6.07, 6.45) is 3.18. The number of ketones is 1. The normalized spacial score (nSPS) is 24.1. The molecule has 148 valence electrons. The number of amides is 2. The Morgan fingerprint density at radius 2 is 1.75 bits per heavy atom. The Morgan fingerprint density at radius 3 is 2.43 bits per heavy atom. The van der Waals surface area contributed by atoms with E-state index in [9.17, 15) is 19.2 Å². The lowest BCUT2D eigenvalue weighted by atomic mass is 9.81. The third kappa shape index (κ3) is 3.12. The smallest absolute Gasteiger partial charge is 0.329 e. The van der Waals surface area contributed by atoms with Gasteiger partial charge in [-0.25, -0.2) is 4.79 Å². The number of likely N-dealkylation sites (tertiary alicyclic amines) is 1. The molecule has 2 unspecified atom stereocenters. The number of carbonyl (C=O) groups is 4. The van der Waals surface area contributed by atoms with Gasteiger partial charge in [-0.1, -0.05) is 12.8 Å². The molecule has 1 aromatic rings. The number of benzene rings is 1. The Morgan fingerprint density at radius 1 is 1.11 bits per heavy atom. The van der Waals surface area contributed by atoms with Crippen molar-refractivity contribution in [3.8, 4) is 11.5 Å². The molecule has 2 heterocycles. The second-order valence-electron chi connectivity index (χ2n) is 7.32. The third-order valence-electron chi connectivity index (χ3n) is 5.64. The standard InChI is InChI=1S/C20H21NO7/c1-11(21-18(23)13-4-2-3-5-14(13)19(21)24)20(25)26-9-15(22)12-6-7-16-17(8-12)28-10-27-16/h6-8,11,13-14H,2-5,9-10H2,1H3/t11-,13?,14?/m0/s1. The number of fused-ring (bicyclic) bond motifs is 2. The van der Waals surface area contributed by atoms with Crippen molar-refractivity contribution in [3.63, 3.8) is 0 Å². The second-order valence-corrected chi connectivity index (χ2v) is 7.32. The van der Waals surface area contributed by atoms with E-state index in [2.05, 4.69) is 0 Å². The fraction of sp³-hybridized carbons (Fsp3) is 0.500. The van der Waals surface area contributed by atoms with E-state index >= 15 is 0 Å². The lowest BCUT2D eigenvalue weighted by Crippen LogP contribution is -2.44. The van der Waals surface area contributed by atoms with Crippen LogP contribution < -0.4 is 9.47 Å². The maximum absolute atomic E-state index is 12.6. The zero-order valence-electron chi connectivity index (χ0n) is 15.5. The Balaban J connectivity index is 1.37. The maximum atomic E-state index is 12.6. The molecular weight excluding hydrogens is 366 g/mol. The van der Waals surface area contributed by atoms with Crippen molar-refractivity contribution in [2.24, 2.45) is 11.8 Å². The van der Waals surface area contributed by atoms with Crippen LogP contribution in [0.2, 0.25) is 0 Å².